The Kier molecular flexibility index (Phi) is 18.1. The molecule has 0 bridgehead atoms. The first kappa shape index (κ1) is 23.7. The molecule has 1 aliphatic rings. The summed E-state index contributed by atoms with van der Waals surface area (Å²) in [4.78, 5) is 2.50. The summed E-state index contributed by atoms with van der Waals surface area (Å²) in [5, 5.41) is 0. The van der Waals surface area contributed by atoms with Crippen LogP contribution in [0.3, 0.4) is 0 Å². The smallest absolute Gasteiger partial charge is 0.0366 e. The second-order valence-corrected chi connectivity index (χ2v) is 5.30. The van der Waals surface area contributed by atoms with Crippen LogP contribution in [0.4, 0.5) is 5.69 Å². The number of hydrogen-bond donors (Lipinski definition) is 0. The van der Waals surface area contributed by atoms with Crippen molar-refractivity contribution in [3.8, 4) is 0 Å². The standard InChI is InChI=1S/C13H21N2P.3C2H6/c1-12-4-6-13(7-5-12)14-8-2-3-9-15(16)11-10-14;3*1-2/h4-7H,2-3,8-11,16H2,1H3;3*1-2H3. The van der Waals surface area contributed by atoms with Crippen LogP contribution in [0.5, 0.6) is 0 Å². The van der Waals surface area contributed by atoms with Crippen molar-refractivity contribution in [3.63, 3.8) is 0 Å². The summed E-state index contributed by atoms with van der Waals surface area (Å²) in [6, 6.07) is 8.88. The predicted octanol–water partition coefficient (Wildman–Crippen LogP) is 5.77. The highest BCUT2D eigenvalue weighted by atomic mass is 31.0. The average Bonchev–Trinajstić information content (AvgIpc) is 2.58. The van der Waals surface area contributed by atoms with E-state index in [0.29, 0.717) is 0 Å². The van der Waals surface area contributed by atoms with Crippen molar-refractivity contribution < 1.29 is 0 Å². The summed E-state index contributed by atoms with van der Waals surface area (Å²) in [5.74, 6) is 0. The van der Waals surface area contributed by atoms with E-state index < -0.39 is 0 Å². The predicted molar refractivity (Wildman–Crippen MR) is 108 cm³/mol. The minimum atomic E-state index is 1.13. The maximum atomic E-state index is 2.83. The summed E-state index contributed by atoms with van der Waals surface area (Å²) in [6.45, 7) is 18.8. The first-order valence-corrected chi connectivity index (χ1v) is 9.58. The molecule has 1 atom stereocenters. The van der Waals surface area contributed by atoms with Gasteiger partial charge in [-0.15, -0.1) is 0 Å². The van der Waals surface area contributed by atoms with Gasteiger partial charge in [-0.2, -0.15) is 0 Å². The molecule has 1 fully saturated rings. The van der Waals surface area contributed by atoms with E-state index in [1.807, 2.05) is 41.5 Å². The first-order chi connectivity index (χ1) is 10.8. The molecular formula is C19H39N2P. The topological polar surface area (TPSA) is 6.48 Å². The zero-order chi connectivity index (χ0) is 17.4. The number of nitrogens with zero attached hydrogens (tertiary/aromatic N) is 2. The molecule has 1 aliphatic heterocycles. The Bertz CT molecular complexity index is 325. The monoisotopic (exact) mass is 326 g/mol. The van der Waals surface area contributed by atoms with E-state index in [0.717, 1.165) is 13.1 Å². The van der Waals surface area contributed by atoms with Crippen molar-refractivity contribution in [2.24, 2.45) is 0 Å². The van der Waals surface area contributed by atoms with E-state index in [1.54, 1.807) is 0 Å². The third kappa shape index (κ3) is 10.2. The molecule has 0 aromatic heterocycles. The molecule has 0 saturated carbocycles. The molecule has 3 heteroatoms. The second-order valence-electron chi connectivity index (χ2n) is 4.57. The lowest BCUT2D eigenvalue weighted by atomic mass is 10.2. The fourth-order valence-corrected chi connectivity index (χ4v) is 2.40. The Morgan fingerprint density at radius 2 is 1.23 bits per heavy atom. The lowest BCUT2D eigenvalue weighted by molar-refractivity contribution is 0.429. The third-order valence-electron chi connectivity index (χ3n) is 3.18. The van der Waals surface area contributed by atoms with E-state index in [4.69, 9.17) is 0 Å². The number of hydrogen-bond acceptors (Lipinski definition) is 2. The molecule has 1 heterocycles. The van der Waals surface area contributed by atoms with Gasteiger partial charge in [0.25, 0.3) is 0 Å². The van der Waals surface area contributed by atoms with Crippen molar-refractivity contribution in [3.05, 3.63) is 29.8 Å². The highest BCUT2D eigenvalue weighted by molar-refractivity contribution is 7.13. The highest BCUT2D eigenvalue weighted by Gasteiger charge is 2.10. The first-order valence-electron chi connectivity index (χ1n) is 9.07. The van der Waals surface area contributed by atoms with E-state index >= 15 is 0 Å². The number of aryl methyl sites for hydroxylation is 1. The Morgan fingerprint density at radius 1 is 0.727 bits per heavy atom. The minimum Gasteiger partial charge on any atom is -0.370 e. The van der Waals surface area contributed by atoms with E-state index in [9.17, 15) is 0 Å². The van der Waals surface area contributed by atoms with Gasteiger partial charge in [-0.25, -0.2) is 0 Å². The van der Waals surface area contributed by atoms with Crippen LogP contribution in [0, 0.1) is 6.92 Å². The molecule has 0 N–H and O–H groups in total. The van der Waals surface area contributed by atoms with Crippen LogP contribution < -0.4 is 4.90 Å². The van der Waals surface area contributed by atoms with Gasteiger partial charge >= 0.3 is 0 Å². The van der Waals surface area contributed by atoms with Crippen LogP contribution in [0.15, 0.2) is 24.3 Å². The quantitative estimate of drug-likeness (QED) is 0.605. The maximum absolute atomic E-state index is 2.83. The van der Waals surface area contributed by atoms with Crippen molar-refractivity contribution in [2.45, 2.75) is 61.3 Å². The highest BCUT2D eigenvalue weighted by Crippen LogP contribution is 2.18. The molecule has 1 saturated heterocycles. The number of rotatable bonds is 1. The number of anilines is 1. The Labute approximate surface area is 142 Å². The molecule has 2 nitrogen and oxygen atoms in total. The Morgan fingerprint density at radius 3 is 1.77 bits per heavy atom. The fraction of sp³-hybridized carbons (Fsp3) is 0.684. The van der Waals surface area contributed by atoms with Gasteiger partial charge in [0.1, 0.15) is 0 Å². The van der Waals surface area contributed by atoms with Crippen molar-refractivity contribution >= 4 is 15.1 Å². The maximum Gasteiger partial charge on any atom is 0.0366 e. The van der Waals surface area contributed by atoms with Crippen LogP contribution in [0.25, 0.3) is 0 Å². The molecule has 2 rings (SSSR count). The van der Waals surface area contributed by atoms with Crippen LogP contribution in [0.2, 0.25) is 0 Å². The van der Waals surface area contributed by atoms with E-state index in [1.165, 1.54) is 37.2 Å². The molecule has 1 aromatic carbocycles. The summed E-state index contributed by atoms with van der Waals surface area (Å²) in [5.41, 5.74) is 2.70. The van der Waals surface area contributed by atoms with Crippen LogP contribution >= 0.6 is 9.39 Å². The van der Waals surface area contributed by atoms with Gasteiger partial charge < -0.3 is 4.90 Å². The summed E-state index contributed by atoms with van der Waals surface area (Å²) in [7, 11) is 2.83. The summed E-state index contributed by atoms with van der Waals surface area (Å²) in [6.07, 6.45) is 2.59. The normalized spacial score (nSPS) is 14.8. The van der Waals surface area contributed by atoms with Gasteiger partial charge in [-0.3, -0.25) is 4.67 Å². The largest absolute Gasteiger partial charge is 0.370 e. The molecule has 0 spiro atoms. The Balaban J connectivity index is 0. The second kappa shape index (κ2) is 16.8. The van der Waals surface area contributed by atoms with Gasteiger partial charge in [0.2, 0.25) is 0 Å². The zero-order valence-corrected chi connectivity index (χ0v) is 17.2. The molecule has 1 unspecified atom stereocenters. The molecule has 0 aliphatic carbocycles. The third-order valence-corrected chi connectivity index (χ3v) is 3.70. The van der Waals surface area contributed by atoms with Gasteiger partial charge in [0.05, 0.1) is 0 Å². The molecule has 130 valence electrons. The molecule has 0 radical (unpaired) electrons. The Hall–Kier alpha value is -0.590. The fourth-order valence-electron chi connectivity index (χ4n) is 2.10. The SMILES string of the molecule is CC.CC.CC.Cc1ccc(N2CCCCN(P)CC2)cc1. The minimum absolute atomic E-state index is 1.13. The number of benzene rings is 1. The summed E-state index contributed by atoms with van der Waals surface area (Å²) < 4.78 is 2.35. The van der Waals surface area contributed by atoms with Gasteiger partial charge in [-0.1, -0.05) is 68.6 Å². The van der Waals surface area contributed by atoms with Crippen molar-refractivity contribution in [1.29, 1.82) is 0 Å². The van der Waals surface area contributed by atoms with Crippen LogP contribution in [-0.2, 0) is 0 Å². The molecule has 22 heavy (non-hydrogen) atoms. The summed E-state index contributed by atoms with van der Waals surface area (Å²) >= 11 is 0. The average molecular weight is 327 g/mol. The van der Waals surface area contributed by atoms with Gasteiger partial charge in [0.15, 0.2) is 0 Å². The molecular weight excluding hydrogens is 287 g/mol. The van der Waals surface area contributed by atoms with Gasteiger partial charge in [0, 0.05) is 31.9 Å². The van der Waals surface area contributed by atoms with Crippen molar-refractivity contribution in [1.82, 2.24) is 4.67 Å². The molecule has 0 amide bonds. The molecule has 1 aromatic rings. The van der Waals surface area contributed by atoms with Crippen LogP contribution in [0.1, 0.15) is 59.9 Å². The van der Waals surface area contributed by atoms with Crippen LogP contribution in [-0.4, -0.2) is 30.8 Å². The lowest BCUT2D eigenvalue weighted by Gasteiger charge is -2.30. The zero-order valence-electron chi connectivity index (χ0n) is 16.0. The lowest BCUT2D eigenvalue weighted by Crippen LogP contribution is -2.35. The van der Waals surface area contributed by atoms with E-state index in [2.05, 4.69) is 50.2 Å². The van der Waals surface area contributed by atoms with Gasteiger partial charge in [-0.05, 0) is 31.9 Å². The van der Waals surface area contributed by atoms with Crippen molar-refractivity contribution in [2.75, 3.05) is 31.1 Å². The van der Waals surface area contributed by atoms with E-state index in [-0.39, 0.29) is 0 Å².